The molecule has 0 radical (unpaired) electrons. The molecule has 0 aliphatic carbocycles. The molecule has 16 heavy (non-hydrogen) atoms. The molecule has 1 N–H and O–H groups in total. The molecular formula is C15H23N. The summed E-state index contributed by atoms with van der Waals surface area (Å²) in [6.45, 7) is 6.50. The van der Waals surface area contributed by atoms with Gasteiger partial charge in [-0.25, -0.2) is 0 Å². The van der Waals surface area contributed by atoms with E-state index < -0.39 is 0 Å². The Balaban J connectivity index is 2.90. The number of aromatic amines is 1. The van der Waals surface area contributed by atoms with Crippen LogP contribution in [0.4, 0.5) is 0 Å². The summed E-state index contributed by atoms with van der Waals surface area (Å²) in [5, 5.41) is 0. The van der Waals surface area contributed by atoms with Crippen molar-refractivity contribution in [1.82, 2.24) is 4.98 Å². The minimum absolute atomic E-state index is 1.16. The average Bonchev–Trinajstić information content (AvgIpc) is 2.64. The largest absolute Gasteiger partial charge is 0.364 e. The highest BCUT2D eigenvalue weighted by Crippen LogP contribution is 2.19. The van der Waals surface area contributed by atoms with Crippen molar-refractivity contribution < 1.29 is 0 Å². The minimum atomic E-state index is 1.16. The van der Waals surface area contributed by atoms with Gasteiger partial charge in [0.2, 0.25) is 0 Å². The number of allylic oxidation sites excluding steroid dienone is 3. The van der Waals surface area contributed by atoms with Gasteiger partial charge >= 0.3 is 0 Å². The molecule has 0 saturated carbocycles. The Labute approximate surface area is 99.3 Å². The van der Waals surface area contributed by atoms with E-state index in [0.29, 0.717) is 0 Å². The first-order chi connectivity index (χ1) is 7.83. The monoisotopic (exact) mass is 217 g/mol. The Bertz CT molecular complexity index is 356. The lowest BCUT2D eigenvalue weighted by Crippen LogP contribution is -1.92. The molecule has 0 fully saturated rings. The summed E-state index contributed by atoms with van der Waals surface area (Å²) in [7, 11) is 0. The van der Waals surface area contributed by atoms with Crippen LogP contribution < -0.4 is 0 Å². The molecule has 1 rings (SSSR count). The number of hydrogen-bond donors (Lipinski definition) is 1. The fraction of sp³-hybridized carbons (Fsp3) is 0.467. The minimum Gasteiger partial charge on any atom is -0.364 e. The standard InChI is InChI=1S/C15H23N/c1-4-7-8-11-13-12-16-15(10-6-3)14(13)9-5-2/h4,7-8,11-12,16H,5-6,9-10H2,1-3H3. The van der Waals surface area contributed by atoms with Gasteiger partial charge in [-0.3, -0.25) is 0 Å². The molecule has 0 spiro atoms. The quantitative estimate of drug-likeness (QED) is 0.675. The van der Waals surface area contributed by atoms with Crippen LogP contribution in [0.25, 0.3) is 6.08 Å². The summed E-state index contributed by atoms with van der Waals surface area (Å²) in [6, 6.07) is 0. The Morgan fingerprint density at radius 1 is 1.12 bits per heavy atom. The third-order valence-electron chi connectivity index (χ3n) is 2.69. The van der Waals surface area contributed by atoms with Gasteiger partial charge in [-0.2, -0.15) is 0 Å². The van der Waals surface area contributed by atoms with Crippen molar-refractivity contribution in [3.63, 3.8) is 0 Å². The summed E-state index contributed by atoms with van der Waals surface area (Å²) < 4.78 is 0. The van der Waals surface area contributed by atoms with Crippen molar-refractivity contribution >= 4 is 6.08 Å². The third kappa shape index (κ3) is 3.41. The van der Waals surface area contributed by atoms with Gasteiger partial charge in [-0.15, -0.1) is 0 Å². The van der Waals surface area contributed by atoms with Gasteiger partial charge in [0.05, 0.1) is 0 Å². The molecule has 0 unspecified atom stereocenters. The van der Waals surface area contributed by atoms with E-state index in [1.54, 1.807) is 0 Å². The van der Waals surface area contributed by atoms with E-state index in [1.165, 1.54) is 36.1 Å². The summed E-state index contributed by atoms with van der Waals surface area (Å²) in [4.78, 5) is 3.41. The highest BCUT2D eigenvalue weighted by Gasteiger charge is 2.07. The molecule has 0 amide bonds. The Morgan fingerprint density at radius 2 is 1.88 bits per heavy atom. The highest BCUT2D eigenvalue weighted by atomic mass is 14.7. The van der Waals surface area contributed by atoms with Crippen LogP contribution in [-0.4, -0.2) is 4.98 Å². The lowest BCUT2D eigenvalue weighted by Gasteiger charge is -2.02. The van der Waals surface area contributed by atoms with Crippen LogP contribution in [0.5, 0.6) is 0 Å². The second-order valence-electron chi connectivity index (χ2n) is 4.09. The maximum absolute atomic E-state index is 3.41. The number of nitrogens with one attached hydrogen (secondary N) is 1. The molecule has 0 atom stereocenters. The Hall–Kier alpha value is -1.24. The molecule has 0 aromatic carbocycles. The summed E-state index contributed by atoms with van der Waals surface area (Å²) >= 11 is 0. The van der Waals surface area contributed by atoms with E-state index in [1.807, 2.05) is 6.92 Å². The highest BCUT2D eigenvalue weighted by molar-refractivity contribution is 5.56. The van der Waals surface area contributed by atoms with Gasteiger partial charge in [0, 0.05) is 11.9 Å². The Kier molecular flexibility index (Phi) is 5.69. The van der Waals surface area contributed by atoms with Gasteiger partial charge in [0.25, 0.3) is 0 Å². The van der Waals surface area contributed by atoms with E-state index in [0.717, 1.165) is 6.42 Å². The van der Waals surface area contributed by atoms with Crippen molar-refractivity contribution in [3.05, 3.63) is 41.2 Å². The number of hydrogen-bond acceptors (Lipinski definition) is 0. The molecule has 0 saturated heterocycles. The van der Waals surface area contributed by atoms with Gasteiger partial charge in [0.1, 0.15) is 0 Å². The van der Waals surface area contributed by atoms with Crippen molar-refractivity contribution in [1.29, 1.82) is 0 Å². The molecule has 1 heterocycles. The summed E-state index contributed by atoms with van der Waals surface area (Å²) in [5.41, 5.74) is 4.28. The predicted molar refractivity (Wildman–Crippen MR) is 72.6 cm³/mol. The van der Waals surface area contributed by atoms with Crippen molar-refractivity contribution in [2.45, 2.75) is 46.5 Å². The van der Waals surface area contributed by atoms with Crippen LogP contribution in [0.2, 0.25) is 0 Å². The average molecular weight is 217 g/mol. The number of aryl methyl sites for hydroxylation is 1. The molecular weight excluding hydrogens is 194 g/mol. The number of H-pyrrole nitrogens is 1. The second-order valence-corrected chi connectivity index (χ2v) is 4.09. The first-order valence-electron chi connectivity index (χ1n) is 6.31. The SMILES string of the molecule is CC=CC=Cc1c[nH]c(CCC)c1CCC. The van der Waals surface area contributed by atoms with Crippen LogP contribution >= 0.6 is 0 Å². The number of rotatable bonds is 6. The van der Waals surface area contributed by atoms with Crippen molar-refractivity contribution in [2.75, 3.05) is 0 Å². The molecule has 1 aromatic heterocycles. The first-order valence-corrected chi connectivity index (χ1v) is 6.31. The van der Waals surface area contributed by atoms with Crippen molar-refractivity contribution in [2.24, 2.45) is 0 Å². The predicted octanol–water partition coefficient (Wildman–Crippen LogP) is 4.51. The van der Waals surface area contributed by atoms with Gasteiger partial charge < -0.3 is 4.98 Å². The molecule has 1 nitrogen and oxygen atoms in total. The zero-order valence-corrected chi connectivity index (χ0v) is 10.7. The second kappa shape index (κ2) is 7.10. The maximum atomic E-state index is 3.41. The zero-order valence-electron chi connectivity index (χ0n) is 10.7. The van der Waals surface area contributed by atoms with E-state index in [4.69, 9.17) is 0 Å². The molecule has 0 aliphatic rings. The number of aromatic nitrogens is 1. The van der Waals surface area contributed by atoms with Gasteiger partial charge in [-0.05, 0) is 30.9 Å². The van der Waals surface area contributed by atoms with Crippen molar-refractivity contribution in [3.8, 4) is 0 Å². The van der Waals surface area contributed by atoms with Gasteiger partial charge in [-0.1, -0.05) is 51.0 Å². The lowest BCUT2D eigenvalue weighted by molar-refractivity contribution is 0.845. The third-order valence-corrected chi connectivity index (χ3v) is 2.69. The van der Waals surface area contributed by atoms with Crippen LogP contribution in [0.3, 0.4) is 0 Å². The fourth-order valence-electron chi connectivity index (χ4n) is 1.95. The van der Waals surface area contributed by atoms with E-state index in [-0.39, 0.29) is 0 Å². The van der Waals surface area contributed by atoms with Gasteiger partial charge in [0.15, 0.2) is 0 Å². The molecule has 1 aromatic rings. The molecule has 88 valence electrons. The lowest BCUT2D eigenvalue weighted by atomic mass is 10.0. The molecule has 1 heteroatoms. The van der Waals surface area contributed by atoms with E-state index in [9.17, 15) is 0 Å². The van der Waals surface area contributed by atoms with Crippen LogP contribution in [0.15, 0.2) is 24.4 Å². The maximum Gasteiger partial charge on any atom is 0.0185 e. The molecule has 0 aliphatic heterocycles. The normalized spacial score (nSPS) is 11.9. The van der Waals surface area contributed by atoms with E-state index in [2.05, 4.69) is 49.3 Å². The molecule has 0 bridgehead atoms. The summed E-state index contributed by atoms with van der Waals surface area (Å²) in [6.07, 6.45) is 15.3. The van der Waals surface area contributed by atoms with Crippen LogP contribution in [0.1, 0.15) is 50.4 Å². The van der Waals surface area contributed by atoms with Crippen LogP contribution in [-0.2, 0) is 12.8 Å². The topological polar surface area (TPSA) is 15.8 Å². The first kappa shape index (κ1) is 12.8. The Morgan fingerprint density at radius 3 is 2.50 bits per heavy atom. The zero-order chi connectivity index (χ0) is 11.8. The van der Waals surface area contributed by atoms with E-state index >= 15 is 0 Å². The smallest absolute Gasteiger partial charge is 0.0185 e. The summed E-state index contributed by atoms with van der Waals surface area (Å²) in [5.74, 6) is 0. The fourth-order valence-corrected chi connectivity index (χ4v) is 1.95. The van der Waals surface area contributed by atoms with Crippen LogP contribution in [0, 0.1) is 0 Å².